The van der Waals surface area contributed by atoms with Gasteiger partial charge < -0.3 is 24.4 Å². The lowest BCUT2D eigenvalue weighted by atomic mass is 9.95. The highest BCUT2D eigenvalue weighted by Crippen LogP contribution is 2.32. The number of hydrogen-bond donors (Lipinski definition) is 1. The summed E-state index contributed by atoms with van der Waals surface area (Å²) in [5.41, 5.74) is 0.792. The van der Waals surface area contributed by atoms with E-state index in [4.69, 9.17) is 14.2 Å². The number of anilines is 1. The van der Waals surface area contributed by atoms with E-state index in [1.54, 1.807) is 38.3 Å². The van der Waals surface area contributed by atoms with Crippen molar-refractivity contribution in [2.24, 2.45) is 0 Å². The van der Waals surface area contributed by atoms with Crippen LogP contribution in [-0.2, 0) is 26.2 Å². The van der Waals surface area contributed by atoms with Gasteiger partial charge in [-0.2, -0.15) is 0 Å². The van der Waals surface area contributed by atoms with Crippen molar-refractivity contribution in [3.8, 4) is 17.2 Å². The van der Waals surface area contributed by atoms with Crippen LogP contribution in [0.15, 0.2) is 71.6 Å². The molecule has 0 radical (unpaired) electrons. The third-order valence-electron chi connectivity index (χ3n) is 7.97. The van der Waals surface area contributed by atoms with E-state index in [1.165, 1.54) is 49.5 Å². The highest BCUT2D eigenvalue weighted by molar-refractivity contribution is 7.92. The SMILES string of the molecule is COc1ccc(CN(C(=O)CN(c2ccc(F)cc2)S(=O)(=O)c2ccc(OC)c(OC)c2)[C@@H](C)C(=O)NC2CCCCC2)cc1. The smallest absolute Gasteiger partial charge is 0.264 e. The number of hydrogen-bond acceptors (Lipinski definition) is 7. The van der Waals surface area contributed by atoms with Crippen LogP contribution in [0.4, 0.5) is 10.1 Å². The first-order chi connectivity index (χ1) is 21.6. The maximum Gasteiger partial charge on any atom is 0.264 e. The van der Waals surface area contributed by atoms with Gasteiger partial charge in [0.05, 0.1) is 31.9 Å². The first-order valence-electron chi connectivity index (χ1n) is 14.8. The van der Waals surface area contributed by atoms with Gasteiger partial charge in [-0.1, -0.05) is 31.4 Å². The minimum Gasteiger partial charge on any atom is -0.497 e. The van der Waals surface area contributed by atoms with Crippen molar-refractivity contribution in [1.82, 2.24) is 10.2 Å². The fourth-order valence-corrected chi connectivity index (χ4v) is 6.75. The van der Waals surface area contributed by atoms with E-state index in [0.717, 1.165) is 54.1 Å². The van der Waals surface area contributed by atoms with Crippen LogP contribution in [0, 0.1) is 5.82 Å². The largest absolute Gasteiger partial charge is 0.497 e. The molecule has 1 aliphatic carbocycles. The topological polar surface area (TPSA) is 114 Å². The monoisotopic (exact) mass is 641 g/mol. The summed E-state index contributed by atoms with van der Waals surface area (Å²) in [5, 5.41) is 3.08. The van der Waals surface area contributed by atoms with Gasteiger partial charge in [0.15, 0.2) is 11.5 Å². The molecule has 0 spiro atoms. The van der Waals surface area contributed by atoms with Gasteiger partial charge in [0.2, 0.25) is 11.8 Å². The Labute approximate surface area is 264 Å². The van der Waals surface area contributed by atoms with Crippen molar-refractivity contribution in [3.63, 3.8) is 0 Å². The summed E-state index contributed by atoms with van der Waals surface area (Å²) >= 11 is 0. The third kappa shape index (κ3) is 8.24. The summed E-state index contributed by atoms with van der Waals surface area (Å²) in [4.78, 5) is 28.8. The standard InChI is InChI=1S/C33H40FN3O7S/c1-23(33(39)35-26-8-6-5-7-9-26)36(21-24-10-16-28(42-2)17-11-24)32(38)22-37(27-14-12-25(34)13-15-27)45(40,41)29-18-19-30(43-3)31(20-29)44-4/h10-20,23,26H,5-9,21-22H2,1-4H3,(H,35,39)/t23-/m0/s1. The van der Waals surface area contributed by atoms with Gasteiger partial charge in [0, 0.05) is 18.7 Å². The number of methoxy groups -OCH3 is 3. The quantitative estimate of drug-likeness (QED) is 0.282. The van der Waals surface area contributed by atoms with Gasteiger partial charge in [0.25, 0.3) is 10.0 Å². The Hall–Kier alpha value is -4.32. The molecule has 45 heavy (non-hydrogen) atoms. The molecule has 2 amide bonds. The zero-order valence-corrected chi connectivity index (χ0v) is 26.8. The number of amides is 2. The number of carbonyl (C=O) groups excluding carboxylic acids is 2. The fourth-order valence-electron chi connectivity index (χ4n) is 5.32. The molecule has 12 heteroatoms. The minimum absolute atomic E-state index is 0.0211. The van der Waals surface area contributed by atoms with Gasteiger partial charge in [-0.05, 0) is 73.9 Å². The molecule has 0 saturated heterocycles. The van der Waals surface area contributed by atoms with E-state index in [-0.39, 0.29) is 34.8 Å². The first-order valence-corrected chi connectivity index (χ1v) is 16.2. The third-order valence-corrected chi connectivity index (χ3v) is 9.74. The van der Waals surface area contributed by atoms with Crippen LogP contribution in [0.25, 0.3) is 0 Å². The van der Waals surface area contributed by atoms with Gasteiger partial charge in [-0.15, -0.1) is 0 Å². The molecule has 0 unspecified atom stereocenters. The first kappa shape index (κ1) is 33.6. The Kier molecular flexibility index (Phi) is 11.3. The zero-order valence-electron chi connectivity index (χ0n) is 26.0. The molecule has 0 aliphatic heterocycles. The summed E-state index contributed by atoms with van der Waals surface area (Å²) in [6.45, 7) is 1.01. The number of halogens is 1. The summed E-state index contributed by atoms with van der Waals surface area (Å²) in [6, 6.07) is 15.1. The lowest BCUT2D eigenvalue weighted by Crippen LogP contribution is -2.53. The van der Waals surface area contributed by atoms with Crippen molar-refractivity contribution < 1.29 is 36.6 Å². The lowest BCUT2D eigenvalue weighted by molar-refractivity contribution is -0.139. The zero-order chi connectivity index (χ0) is 32.6. The Bertz CT molecular complexity index is 1560. The molecule has 1 fully saturated rings. The number of carbonyl (C=O) groups is 2. The highest BCUT2D eigenvalue weighted by atomic mass is 32.2. The molecule has 0 heterocycles. The molecule has 4 rings (SSSR count). The Morgan fingerprint density at radius 3 is 2.13 bits per heavy atom. The summed E-state index contributed by atoms with van der Waals surface area (Å²) in [6.07, 6.45) is 4.90. The van der Waals surface area contributed by atoms with Gasteiger partial charge in [-0.3, -0.25) is 13.9 Å². The second-order valence-electron chi connectivity index (χ2n) is 10.9. The molecule has 0 bridgehead atoms. The van der Waals surface area contributed by atoms with Crippen LogP contribution < -0.4 is 23.8 Å². The normalized spacial score (nSPS) is 14.2. The maximum atomic E-state index is 14.2. The molecule has 1 saturated carbocycles. The van der Waals surface area contributed by atoms with E-state index in [1.807, 2.05) is 0 Å². The molecule has 242 valence electrons. The highest BCUT2D eigenvalue weighted by Gasteiger charge is 2.33. The molecular formula is C33H40FN3O7S. The van der Waals surface area contributed by atoms with E-state index >= 15 is 0 Å². The van der Waals surface area contributed by atoms with E-state index in [2.05, 4.69) is 5.32 Å². The van der Waals surface area contributed by atoms with Gasteiger partial charge >= 0.3 is 0 Å². The summed E-state index contributed by atoms with van der Waals surface area (Å²) in [7, 11) is -0.0355. The molecule has 3 aromatic carbocycles. The van der Waals surface area contributed by atoms with Crippen LogP contribution in [0.5, 0.6) is 17.2 Å². The molecule has 1 atom stereocenters. The van der Waals surface area contributed by atoms with Crippen LogP contribution >= 0.6 is 0 Å². The van der Waals surface area contributed by atoms with Crippen molar-refractivity contribution >= 4 is 27.5 Å². The Balaban J connectivity index is 1.70. The predicted molar refractivity (Wildman–Crippen MR) is 168 cm³/mol. The summed E-state index contributed by atoms with van der Waals surface area (Å²) in [5.74, 6) is -0.376. The Morgan fingerprint density at radius 2 is 1.53 bits per heavy atom. The second-order valence-corrected chi connectivity index (χ2v) is 12.8. The maximum absolute atomic E-state index is 14.2. The average molecular weight is 642 g/mol. The number of nitrogens with zero attached hydrogens (tertiary/aromatic N) is 2. The number of benzene rings is 3. The number of sulfonamides is 1. The van der Waals surface area contributed by atoms with Gasteiger partial charge in [-0.25, -0.2) is 12.8 Å². The predicted octanol–water partition coefficient (Wildman–Crippen LogP) is 4.91. The number of rotatable bonds is 13. The van der Waals surface area contributed by atoms with Crippen LogP contribution in [0.3, 0.4) is 0 Å². The molecule has 10 nitrogen and oxygen atoms in total. The summed E-state index contributed by atoms with van der Waals surface area (Å²) < 4.78 is 58.8. The van der Waals surface area contributed by atoms with E-state index in [9.17, 15) is 22.4 Å². The Morgan fingerprint density at radius 1 is 0.889 bits per heavy atom. The number of nitrogens with one attached hydrogen (secondary N) is 1. The van der Waals surface area contributed by atoms with Crippen molar-refractivity contribution in [2.45, 2.75) is 62.6 Å². The lowest BCUT2D eigenvalue weighted by Gasteiger charge is -2.33. The molecule has 0 aromatic heterocycles. The molecule has 1 aliphatic rings. The van der Waals surface area contributed by atoms with Crippen LogP contribution in [0.1, 0.15) is 44.6 Å². The minimum atomic E-state index is -4.39. The van der Waals surface area contributed by atoms with Crippen molar-refractivity contribution in [2.75, 3.05) is 32.2 Å². The van der Waals surface area contributed by atoms with Crippen LogP contribution in [-0.4, -0.2) is 65.1 Å². The van der Waals surface area contributed by atoms with Crippen molar-refractivity contribution in [3.05, 3.63) is 78.1 Å². The molecule has 3 aromatic rings. The van der Waals surface area contributed by atoms with Crippen LogP contribution in [0.2, 0.25) is 0 Å². The second kappa shape index (κ2) is 15.1. The number of ether oxygens (including phenoxy) is 3. The van der Waals surface area contributed by atoms with E-state index < -0.39 is 34.3 Å². The van der Waals surface area contributed by atoms with E-state index in [0.29, 0.717) is 11.5 Å². The molecular weight excluding hydrogens is 601 g/mol. The van der Waals surface area contributed by atoms with Gasteiger partial charge in [0.1, 0.15) is 24.2 Å². The average Bonchev–Trinajstić information content (AvgIpc) is 3.06. The molecule has 1 N–H and O–H groups in total. The fraction of sp³-hybridized carbons (Fsp3) is 0.394. The van der Waals surface area contributed by atoms with Crippen molar-refractivity contribution in [1.29, 1.82) is 0 Å².